The molecule has 3 rings (SSSR count). The zero-order valence-corrected chi connectivity index (χ0v) is 15.9. The number of nitrogens with one attached hydrogen (secondary N) is 1. The van der Waals surface area contributed by atoms with E-state index in [0.29, 0.717) is 0 Å². The van der Waals surface area contributed by atoms with Crippen LogP contribution in [0.2, 0.25) is 5.02 Å². The van der Waals surface area contributed by atoms with Gasteiger partial charge in [0.05, 0.1) is 0 Å². The van der Waals surface area contributed by atoms with Crippen molar-refractivity contribution in [2.45, 2.75) is 19.4 Å². The molecule has 2 heterocycles. The molecule has 7 nitrogen and oxygen atoms in total. The molecular formula is C18H26ClN7. The van der Waals surface area contributed by atoms with Gasteiger partial charge in [-0.15, -0.1) is 10.2 Å². The third kappa shape index (κ3) is 5.11. The van der Waals surface area contributed by atoms with Gasteiger partial charge in [-0.1, -0.05) is 17.7 Å². The first kappa shape index (κ1) is 18.5. The highest BCUT2D eigenvalue weighted by Crippen LogP contribution is 2.20. The Bertz CT molecular complexity index is 693. The summed E-state index contributed by atoms with van der Waals surface area (Å²) < 4.78 is 2.00. The largest absolute Gasteiger partial charge is 0.368 e. The SMILES string of the molecule is CN=C(NCCCCn1cnnc1)N1CCN(c2cccc(Cl)c2)CC1. The molecule has 8 heteroatoms. The summed E-state index contributed by atoms with van der Waals surface area (Å²) in [5.41, 5.74) is 1.19. The third-order valence-corrected chi connectivity index (χ3v) is 4.79. The summed E-state index contributed by atoms with van der Waals surface area (Å²) in [5.74, 6) is 0.986. The van der Waals surface area contributed by atoms with Gasteiger partial charge in [0.1, 0.15) is 12.7 Å². The molecule has 1 aromatic heterocycles. The van der Waals surface area contributed by atoms with Gasteiger partial charge in [-0.3, -0.25) is 4.99 Å². The maximum atomic E-state index is 6.11. The van der Waals surface area contributed by atoms with Gasteiger partial charge in [-0.05, 0) is 31.0 Å². The molecule has 0 unspecified atom stereocenters. The molecular weight excluding hydrogens is 350 g/mol. The molecule has 140 valence electrons. The van der Waals surface area contributed by atoms with E-state index < -0.39 is 0 Å². The number of hydrogen-bond donors (Lipinski definition) is 1. The Labute approximate surface area is 159 Å². The van der Waals surface area contributed by atoms with E-state index in [-0.39, 0.29) is 0 Å². The van der Waals surface area contributed by atoms with E-state index in [2.05, 4.69) is 36.4 Å². The van der Waals surface area contributed by atoms with E-state index in [1.165, 1.54) is 5.69 Å². The quantitative estimate of drug-likeness (QED) is 0.476. The standard InChI is InChI=1S/C18H26ClN7/c1-20-18(21-7-2-3-8-24-14-22-23-15-24)26-11-9-25(10-12-26)17-6-4-5-16(19)13-17/h4-6,13-15H,2-3,7-12H2,1H3,(H,20,21). The number of nitrogens with zero attached hydrogens (tertiary/aromatic N) is 6. The number of anilines is 1. The molecule has 0 spiro atoms. The normalized spacial score (nSPS) is 15.4. The molecule has 0 atom stereocenters. The molecule has 1 N–H and O–H groups in total. The van der Waals surface area contributed by atoms with Crippen LogP contribution in [-0.4, -0.2) is 65.4 Å². The summed E-state index contributed by atoms with van der Waals surface area (Å²) in [4.78, 5) is 9.13. The van der Waals surface area contributed by atoms with E-state index in [1.807, 2.05) is 29.8 Å². The van der Waals surface area contributed by atoms with Crippen LogP contribution in [0, 0.1) is 0 Å². The van der Waals surface area contributed by atoms with Gasteiger partial charge in [0.2, 0.25) is 0 Å². The first-order valence-electron chi connectivity index (χ1n) is 9.05. The molecule has 0 saturated carbocycles. The predicted molar refractivity (Wildman–Crippen MR) is 106 cm³/mol. The Kier molecular flexibility index (Phi) is 6.71. The van der Waals surface area contributed by atoms with Gasteiger partial charge in [0, 0.05) is 57.0 Å². The van der Waals surface area contributed by atoms with Crippen molar-refractivity contribution in [1.29, 1.82) is 0 Å². The lowest BCUT2D eigenvalue weighted by atomic mass is 10.2. The van der Waals surface area contributed by atoms with E-state index in [0.717, 1.165) is 63.1 Å². The van der Waals surface area contributed by atoms with Crippen molar-refractivity contribution in [3.8, 4) is 0 Å². The lowest BCUT2D eigenvalue weighted by molar-refractivity contribution is 0.372. The molecule has 0 aliphatic carbocycles. The minimum absolute atomic E-state index is 0.786. The fourth-order valence-corrected chi connectivity index (χ4v) is 3.32. The maximum absolute atomic E-state index is 6.11. The van der Waals surface area contributed by atoms with Crippen LogP contribution in [0.15, 0.2) is 41.9 Å². The molecule has 1 fully saturated rings. The average molecular weight is 376 g/mol. The second-order valence-electron chi connectivity index (χ2n) is 6.33. The van der Waals surface area contributed by atoms with Crippen LogP contribution < -0.4 is 10.2 Å². The lowest BCUT2D eigenvalue weighted by Crippen LogP contribution is -2.52. The summed E-state index contributed by atoms with van der Waals surface area (Å²) >= 11 is 6.11. The summed E-state index contributed by atoms with van der Waals surface area (Å²) in [6.07, 6.45) is 5.68. The van der Waals surface area contributed by atoms with Crippen molar-refractivity contribution in [3.63, 3.8) is 0 Å². The number of unbranched alkanes of at least 4 members (excludes halogenated alkanes) is 1. The van der Waals surface area contributed by atoms with E-state index in [9.17, 15) is 0 Å². The van der Waals surface area contributed by atoms with E-state index in [4.69, 9.17) is 11.6 Å². The van der Waals surface area contributed by atoms with Gasteiger partial charge in [-0.2, -0.15) is 0 Å². The van der Waals surface area contributed by atoms with Gasteiger partial charge in [-0.25, -0.2) is 0 Å². The van der Waals surface area contributed by atoms with Crippen molar-refractivity contribution >= 4 is 23.2 Å². The molecule has 0 bridgehead atoms. The third-order valence-electron chi connectivity index (χ3n) is 4.56. The van der Waals surface area contributed by atoms with Crippen LogP contribution in [0.3, 0.4) is 0 Å². The molecule has 0 amide bonds. The number of aromatic nitrogens is 3. The summed E-state index contributed by atoms with van der Waals surface area (Å²) in [7, 11) is 1.85. The van der Waals surface area contributed by atoms with E-state index >= 15 is 0 Å². The molecule has 26 heavy (non-hydrogen) atoms. The maximum Gasteiger partial charge on any atom is 0.193 e. The van der Waals surface area contributed by atoms with Crippen LogP contribution >= 0.6 is 11.6 Å². The number of halogens is 1. The Morgan fingerprint density at radius 3 is 2.62 bits per heavy atom. The minimum atomic E-state index is 0.786. The zero-order chi connectivity index (χ0) is 18.2. The van der Waals surface area contributed by atoms with Gasteiger partial charge in [0.15, 0.2) is 5.96 Å². The molecule has 0 radical (unpaired) electrons. The highest BCUT2D eigenvalue weighted by Gasteiger charge is 2.19. The molecule has 1 aliphatic heterocycles. The molecule has 1 aromatic carbocycles. The fourth-order valence-electron chi connectivity index (χ4n) is 3.14. The minimum Gasteiger partial charge on any atom is -0.368 e. The molecule has 1 saturated heterocycles. The van der Waals surface area contributed by atoms with E-state index in [1.54, 1.807) is 12.7 Å². The van der Waals surface area contributed by atoms with Crippen molar-refractivity contribution in [2.75, 3.05) is 44.7 Å². The monoisotopic (exact) mass is 375 g/mol. The number of benzene rings is 1. The van der Waals surface area contributed by atoms with Gasteiger partial charge < -0.3 is 19.7 Å². The number of rotatable bonds is 6. The highest BCUT2D eigenvalue weighted by molar-refractivity contribution is 6.30. The predicted octanol–water partition coefficient (Wildman–Crippen LogP) is 2.11. The van der Waals surface area contributed by atoms with Crippen LogP contribution in [0.1, 0.15) is 12.8 Å². The fraction of sp³-hybridized carbons (Fsp3) is 0.500. The average Bonchev–Trinajstić information content (AvgIpc) is 3.18. The number of hydrogen-bond acceptors (Lipinski definition) is 4. The second-order valence-corrected chi connectivity index (χ2v) is 6.77. The Balaban J connectivity index is 1.39. The molecule has 1 aliphatic rings. The summed E-state index contributed by atoms with van der Waals surface area (Å²) in [6.45, 7) is 5.71. The topological polar surface area (TPSA) is 61.6 Å². The van der Waals surface area contributed by atoms with Crippen molar-refractivity contribution < 1.29 is 0 Å². The number of aryl methyl sites for hydroxylation is 1. The molecule has 2 aromatic rings. The van der Waals surface area contributed by atoms with Gasteiger partial charge >= 0.3 is 0 Å². The van der Waals surface area contributed by atoms with Crippen LogP contribution in [0.25, 0.3) is 0 Å². The van der Waals surface area contributed by atoms with Crippen LogP contribution in [-0.2, 0) is 6.54 Å². The highest BCUT2D eigenvalue weighted by atomic mass is 35.5. The number of aliphatic imine (C=N–C) groups is 1. The Hall–Kier alpha value is -2.28. The van der Waals surface area contributed by atoms with Gasteiger partial charge in [0.25, 0.3) is 0 Å². The van der Waals surface area contributed by atoms with Crippen LogP contribution in [0.5, 0.6) is 0 Å². The second kappa shape index (κ2) is 9.43. The van der Waals surface area contributed by atoms with Crippen molar-refractivity contribution in [1.82, 2.24) is 25.0 Å². The summed E-state index contributed by atoms with van der Waals surface area (Å²) in [5, 5.41) is 11.9. The number of piperazine rings is 1. The summed E-state index contributed by atoms with van der Waals surface area (Å²) in [6, 6.07) is 8.06. The first-order valence-corrected chi connectivity index (χ1v) is 9.42. The first-order chi connectivity index (χ1) is 12.8. The Morgan fingerprint density at radius 2 is 1.92 bits per heavy atom. The zero-order valence-electron chi connectivity index (χ0n) is 15.2. The van der Waals surface area contributed by atoms with Crippen molar-refractivity contribution in [3.05, 3.63) is 41.9 Å². The number of guanidine groups is 1. The lowest BCUT2D eigenvalue weighted by Gasteiger charge is -2.37. The smallest absolute Gasteiger partial charge is 0.193 e. The van der Waals surface area contributed by atoms with Crippen LogP contribution in [0.4, 0.5) is 5.69 Å². The Morgan fingerprint density at radius 1 is 1.15 bits per heavy atom. The van der Waals surface area contributed by atoms with Crippen molar-refractivity contribution in [2.24, 2.45) is 4.99 Å².